The zero-order chi connectivity index (χ0) is 30.2. The van der Waals surface area contributed by atoms with E-state index in [2.05, 4.69) is 4.98 Å². The molecule has 1 N–H and O–H groups in total. The predicted molar refractivity (Wildman–Crippen MR) is 159 cm³/mol. The van der Waals surface area contributed by atoms with E-state index in [1.165, 1.54) is 4.90 Å². The van der Waals surface area contributed by atoms with Gasteiger partial charge >= 0.3 is 5.97 Å². The van der Waals surface area contributed by atoms with Gasteiger partial charge in [-0.05, 0) is 49.7 Å². The fourth-order valence-corrected chi connectivity index (χ4v) is 6.13. The molecule has 0 spiro atoms. The largest absolute Gasteiger partial charge is 0.466 e. The van der Waals surface area contributed by atoms with Gasteiger partial charge in [0.05, 0.1) is 34.8 Å². The first-order valence-electron chi connectivity index (χ1n) is 14.6. The van der Waals surface area contributed by atoms with E-state index in [0.717, 1.165) is 21.7 Å². The highest BCUT2D eigenvalue weighted by molar-refractivity contribution is 7.13. The third-order valence-electron chi connectivity index (χ3n) is 7.72. The van der Waals surface area contributed by atoms with E-state index in [0.29, 0.717) is 25.9 Å². The number of carbonyl (C=O) groups excluding carboxylic acids is 4. The van der Waals surface area contributed by atoms with Gasteiger partial charge in [-0.3, -0.25) is 19.2 Å². The van der Waals surface area contributed by atoms with E-state index in [1.54, 1.807) is 18.3 Å². The Morgan fingerprint density at radius 2 is 1.78 bits per heavy atom. The van der Waals surface area contributed by atoms with Crippen LogP contribution in [-0.2, 0) is 30.3 Å². The van der Waals surface area contributed by atoms with E-state index in [9.17, 15) is 24.3 Å². The van der Waals surface area contributed by atoms with Crippen LogP contribution in [0.1, 0.15) is 83.9 Å². The van der Waals surface area contributed by atoms with Crippen molar-refractivity contribution in [2.24, 2.45) is 11.3 Å². The monoisotopic (exact) mass is 584 g/mol. The Kier molecular flexibility index (Phi) is 11.8. The number of nitrogens with zero attached hydrogens (tertiary/aromatic N) is 2. The molecule has 3 atom stereocenters. The van der Waals surface area contributed by atoms with E-state index >= 15 is 0 Å². The summed E-state index contributed by atoms with van der Waals surface area (Å²) in [4.78, 5) is 58.4. The number of likely N-dealkylation sites (tertiary alicyclic amines) is 1. The molecule has 0 unspecified atom stereocenters. The Balaban J connectivity index is 1.59. The van der Waals surface area contributed by atoms with Crippen LogP contribution < -0.4 is 0 Å². The lowest BCUT2D eigenvalue weighted by atomic mass is 9.76. The number of hydrogen-bond donors (Lipinski definition) is 1. The summed E-state index contributed by atoms with van der Waals surface area (Å²) in [6.07, 6.45) is 1.99. The second-order valence-corrected chi connectivity index (χ2v) is 12.9. The van der Waals surface area contributed by atoms with Gasteiger partial charge in [-0.25, -0.2) is 4.98 Å². The van der Waals surface area contributed by atoms with Gasteiger partial charge in [-0.1, -0.05) is 45.0 Å². The van der Waals surface area contributed by atoms with Crippen LogP contribution in [-0.4, -0.2) is 63.7 Å². The third kappa shape index (κ3) is 9.30. The minimum Gasteiger partial charge on any atom is -0.466 e. The zero-order valence-electron chi connectivity index (χ0n) is 25.0. The van der Waals surface area contributed by atoms with E-state index < -0.39 is 23.5 Å². The van der Waals surface area contributed by atoms with Gasteiger partial charge in [0, 0.05) is 44.6 Å². The number of thiazole rings is 1. The molecule has 0 bridgehead atoms. The summed E-state index contributed by atoms with van der Waals surface area (Å²) in [6, 6.07) is 7.42. The van der Waals surface area contributed by atoms with Crippen molar-refractivity contribution < 1.29 is 29.0 Å². The van der Waals surface area contributed by atoms with Crippen LogP contribution in [0.5, 0.6) is 0 Å². The summed E-state index contributed by atoms with van der Waals surface area (Å²) >= 11 is 1.60. The molecule has 3 rings (SSSR count). The van der Waals surface area contributed by atoms with Crippen LogP contribution in [0.15, 0.2) is 29.8 Å². The number of rotatable bonds is 14. The number of carbonyl (C=O) groups is 4. The van der Waals surface area contributed by atoms with E-state index in [4.69, 9.17) is 4.74 Å². The molecule has 224 valence electrons. The number of ketones is 2. The Labute approximate surface area is 247 Å². The average Bonchev–Trinajstić information content (AvgIpc) is 3.53. The lowest BCUT2D eigenvalue weighted by Gasteiger charge is -2.34. The molecule has 9 heteroatoms. The maximum absolute atomic E-state index is 13.8. The number of aryl methyl sites for hydroxylation is 2. The summed E-state index contributed by atoms with van der Waals surface area (Å²) < 4.78 is 4.93. The van der Waals surface area contributed by atoms with Gasteiger partial charge in [0.15, 0.2) is 5.78 Å². The number of Topliss-reactive ketones (excluding diaryl/α,β-unsaturated/α-hetero) is 2. The average molecular weight is 585 g/mol. The Bertz CT molecular complexity index is 1200. The molecule has 1 saturated heterocycles. The fourth-order valence-electron chi connectivity index (χ4n) is 5.32. The topological polar surface area (TPSA) is 114 Å². The molecule has 1 amide bonds. The number of aromatic nitrogens is 1. The fraction of sp³-hybridized carbons (Fsp3) is 0.594. The number of β-amino-alcohol motifs (C(OH)–C–C–N with tert-alkyl or cyclic N) is 1. The lowest BCUT2D eigenvalue weighted by molar-refractivity contribution is -0.146. The maximum Gasteiger partial charge on any atom is 0.305 e. The highest BCUT2D eigenvalue weighted by Crippen LogP contribution is 2.34. The predicted octanol–water partition coefficient (Wildman–Crippen LogP) is 5.33. The van der Waals surface area contributed by atoms with Crippen molar-refractivity contribution in [3.05, 3.63) is 41.0 Å². The third-order valence-corrected chi connectivity index (χ3v) is 8.70. The second kappa shape index (κ2) is 14.8. The standard InChI is InChI=1S/C32H44N2O6S/c1-6-40-29(38)10-8-7-9-24(35)17-26(32(3,4)5)31(39)34-19-25(36)18-27(34)28(37)16-13-22-11-14-23(15-12-22)30-21(2)33-20-41-30/h11-12,14-15,20,25-27,36H,6-10,13,16-19H2,1-5H3/t25-,26-,27+/m1/s1. The molecule has 1 aliphatic heterocycles. The number of amides is 1. The smallest absolute Gasteiger partial charge is 0.305 e. The number of ether oxygens (including phenoxy) is 1. The molecular weight excluding hydrogens is 540 g/mol. The SMILES string of the molecule is CCOC(=O)CCCCC(=O)C[C@H](C(=O)N1C[C@H](O)C[C@H]1C(=O)CCc1ccc(-c2scnc2C)cc1)C(C)(C)C. The summed E-state index contributed by atoms with van der Waals surface area (Å²) in [6.45, 7) is 9.93. The minimum atomic E-state index is -0.769. The van der Waals surface area contributed by atoms with Gasteiger partial charge in [0.1, 0.15) is 5.78 Å². The molecule has 1 aromatic heterocycles. The number of benzene rings is 1. The van der Waals surface area contributed by atoms with Crippen molar-refractivity contribution in [3.8, 4) is 10.4 Å². The summed E-state index contributed by atoms with van der Waals surface area (Å²) in [5.41, 5.74) is 4.44. The zero-order valence-corrected chi connectivity index (χ0v) is 25.8. The van der Waals surface area contributed by atoms with Crippen LogP contribution in [0.4, 0.5) is 0 Å². The van der Waals surface area contributed by atoms with Crippen molar-refractivity contribution in [1.29, 1.82) is 0 Å². The first-order valence-corrected chi connectivity index (χ1v) is 15.5. The number of esters is 1. The molecule has 1 aliphatic rings. The second-order valence-electron chi connectivity index (χ2n) is 12.0. The molecule has 1 fully saturated rings. The first-order chi connectivity index (χ1) is 19.4. The normalized spacial score (nSPS) is 17.9. The molecule has 2 aromatic rings. The molecular formula is C32H44N2O6S. The van der Waals surface area contributed by atoms with Gasteiger partial charge < -0.3 is 14.7 Å². The van der Waals surface area contributed by atoms with Crippen molar-refractivity contribution in [2.45, 2.75) is 98.1 Å². The lowest BCUT2D eigenvalue weighted by Crippen LogP contribution is -2.47. The van der Waals surface area contributed by atoms with Crippen LogP contribution in [0.3, 0.4) is 0 Å². The molecule has 41 heavy (non-hydrogen) atoms. The van der Waals surface area contributed by atoms with Gasteiger partial charge in [0.25, 0.3) is 0 Å². The Morgan fingerprint density at radius 3 is 2.39 bits per heavy atom. The summed E-state index contributed by atoms with van der Waals surface area (Å²) in [7, 11) is 0. The number of aliphatic hydroxyl groups excluding tert-OH is 1. The Morgan fingerprint density at radius 1 is 1.10 bits per heavy atom. The van der Waals surface area contributed by atoms with E-state index in [-0.39, 0.29) is 62.1 Å². The van der Waals surface area contributed by atoms with Crippen molar-refractivity contribution >= 4 is 34.8 Å². The molecule has 1 aromatic carbocycles. The summed E-state index contributed by atoms with van der Waals surface area (Å²) in [5, 5.41) is 10.4. The van der Waals surface area contributed by atoms with Crippen molar-refractivity contribution in [1.82, 2.24) is 9.88 Å². The minimum absolute atomic E-state index is 0.0401. The molecule has 0 aliphatic carbocycles. The number of unbranched alkanes of at least 4 members (excludes halogenated alkanes) is 1. The molecule has 8 nitrogen and oxygen atoms in total. The van der Waals surface area contributed by atoms with Gasteiger partial charge in [-0.2, -0.15) is 0 Å². The molecule has 0 saturated carbocycles. The maximum atomic E-state index is 13.8. The van der Waals surface area contributed by atoms with Crippen LogP contribution in [0.2, 0.25) is 0 Å². The first kappa shape index (κ1) is 32.6. The summed E-state index contributed by atoms with van der Waals surface area (Å²) in [5.74, 6) is -1.24. The van der Waals surface area contributed by atoms with Crippen LogP contribution in [0, 0.1) is 18.3 Å². The van der Waals surface area contributed by atoms with Crippen molar-refractivity contribution in [2.75, 3.05) is 13.2 Å². The van der Waals surface area contributed by atoms with Gasteiger partial charge in [0.2, 0.25) is 5.91 Å². The van der Waals surface area contributed by atoms with Crippen LogP contribution in [0.25, 0.3) is 10.4 Å². The van der Waals surface area contributed by atoms with Gasteiger partial charge in [-0.15, -0.1) is 11.3 Å². The highest BCUT2D eigenvalue weighted by Gasteiger charge is 2.44. The number of aliphatic hydroxyl groups is 1. The molecule has 0 radical (unpaired) electrons. The quantitative estimate of drug-likeness (QED) is 0.236. The highest BCUT2D eigenvalue weighted by atomic mass is 32.1. The molecule has 2 heterocycles. The van der Waals surface area contributed by atoms with Crippen LogP contribution >= 0.6 is 11.3 Å². The number of hydrogen-bond acceptors (Lipinski definition) is 8. The van der Waals surface area contributed by atoms with E-state index in [1.807, 2.05) is 57.5 Å². The Hall–Kier alpha value is -2.91. The van der Waals surface area contributed by atoms with Crippen molar-refractivity contribution in [3.63, 3.8) is 0 Å².